The first-order chi connectivity index (χ1) is 12.8. The molecular formula is C22H18FN3. The van der Waals surface area contributed by atoms with E-state index in [1.165, 1.54) is 17.7 Å². The van der Waals surface area contributed by atoms with E-state index in [-0.39, 0.29) is 5.82 Å². The Kier molecular flexibility index (Phi) is 4.56. The lowest BCUT2D eigenvalue weighted by atomic mass is 10.1. The van der Waals surface area contributed by atoms with Crippen LogP contribution >= 0.6 is 0 Å². The van der Waals surface area contributed by atoms with Crippen molar-refractivity contribution in [1.82, 2.24) is 14.8 Å². The van der Waals surface area contributed by atoms with Crippen molar-refractivity contribution in [2.45, 2.75) is 12.8 Å². The highest BCUT2D eigenvalue weighted by Crippen LogP contribution is 2.20. The predicted molar refractivity (Wildman–Crippen MR) is 101 cm³/mol. The number of benzene rings is 3. The number of aromatic nitrogens is 3. The van der Waals surface area contributed by atoms with E-state index in [4.69, 9.17) is 4.98 Å². The summed E-state index contributed by atoms with van der Waals surface area (Å²) in [6.45, 7) is 0. The third kappa shape index (κ3) is 3.54. The number of halogens is 1. The number of hydrogen-bond acceptors (Lipinski definition) is 2. The van der Waals surface area contributed by atoms with Crippen LogP contribution in [-0.4, -0.2) is 14.8 Å². The molecule has 0 aliphatic carbocycles. The number of rotatable bonds is 5. The molecule has 128 valence electrons. The van der Waals surface area contributed by atoms with Crippen molar-refractivity contribution in [3.63, 3.8) is 0 Å². The molecule has 4 heteroatoms. The van der Waals surface area contributed by atoms with Gasteiger partial charge in [-0.25, -0.2) is 14.1 Å². The minimum atomic E-state index is -0.263. The van der Waals surface area contributed by atoms with Gasteiger partial charge in [-0.1, -0.05) is 48.5 Å². The van der Waals surface area contributed by atoms with Gasteiger partial charge >= 0.3 is 0 Å². The predicted octanol–water partition coefficient (Wildman–Crippen LogP) is 4.86. The monoisotopic (exact) mass is 343 g/mol. The van der Waals surface area contributed by atoms with Crippen molar-refractivity contribution in [3.8, 4) is 17.1 Å². The molecule has 3 nitrogen and oxygen atoms in total. The van der Waals surface area contributed by atoms with Crippen molar-refractivity contribution in [2.24, 2.45) is 0 Å². The molecule has 4 aromatic rings. The smallest absolute Gasteiger partial charge is 0.181 e. The molecule has 4 rings (SSSR count). The van der Waals surface area contributed by atoms with Crippen LogP contribution < -0.4 is 0 Å². The molecule has 3 aromatic carbocycles. The van der Waals surface area contributed by atoms with E-state index in [9.17, 15) is 4.39 Å². The first-order valence-corrected chi connectivity index (χ1v) is 8.61. The number of nitrogens with zero attached hydrogens (tertiary/aromatic N) is 3. The molecule has 0 amide bonds. The first kappa shape index (κ1) is 16.2. The molecule has 0 unspecified atom stereocenters. The molecule has 1 heterocycles. The molecule has 0 bridgehead atoms. The van der Waals surface area contributed by atoms with Crippen LogP contribution in [0.5, 0.6) is 0 Å². The summed E-state index contributed by atoms with van der Waals surface area (Å²) in [6.07, 6.45) is 1.66. The van der Waals surface area contributed by atoms with E-state index >= 15 is 0 Å². The average Bonchev–Trinajstić information content (AvgIpc) is 3.13. The summed E-state index contributed by atoms with van der Waals surface area (Å²) >= 11 is 0. The molecule has 0 aliphatic rings. The first-order valence-electron chi connectivity index (χ1n) is 8.61. The van der Waals surface area contributed by atoms with Crippen LogP contribution in [0.15, 0.2) is 84.9 Å². The van der Waals surface area contributed by atoms with Gasteiger partial charge < -0.3 is 0 Å². The van der Waals surface area contributed by atoms with E-state index in [0.29, 0.717) is 5.82 Å². The normalized spacial score (nSPS) is 10.8. The van der Waals surface area contributed by atoms with Crippen LogP contribution in [0.25, 0.3) is 17.1 Å². The van der Waals surface area contributed by atoms with Crippen molar-refractivity contribution >= 4 is 0 Å². The van der Waals surface area contributed by atoms with Crippen LogP contribution in [0.3, 0.4) is 0 Å². The Labute approximate surface area is 151 Å². The Balaban J connectivity index is 1.69. The maximum absolute atomic E-state index is 13.2. The molecule has 0 fully saturated rings. The fourth-order valence-corrected chi connectivity index (χ4v) is 2.90. The third-order valence-corrected chi connectivity index (χ3v) is 4.26. The van der Waals surface area contributed by atoms with Gasteiger partial charge in [-0.3, -0.25) is 0 Å². The van der Waals surface area contributed by atoms with Crippen LogP contribution in [0, 0.1) is 5.82 Å². The van der Waals surface area contributed by atoms with E-state index in [2.05, 4.69) is 17.2 Å². The van der Waals surface area contributed by atoms with Gasteiger partial charge in [-0.15, -0.1) is 5.10 Å². The lowest BCUT2D eigenvalue weighted by Crippen LogP contribution is -2.04. The Morgan fingerprint density at radius 3 is 2.08 bits per heavy atom. The van der Waals surface area contributed by atoms with Crippen molar-refractivity contribution < 1.29 is 4.39 Å². The van der Waals surface area contributed by atoms with E-state index < -0.39 is 0 Å². The van der Waals surface area contributed by atoms with Gasteiger partial charge in [0.25, 0.3) is 0 Å². The molecular weight excluding hydrogens is 325 g/mol. The number of para-hydroxylation sites is 1. The van der Waals surface area contributed by atoms with E-state index in [1.807, 2.05) is 53.2 Å². The second-order valence-electron chi connectivity index (χ2n) is 6.09. The van der Waals surface area contributed by atoms with Crippen molar-refractivity contribution in [3.05, 3.63) is 102 Å². The quantitative estimate of drug-likeness (QED) is 0.518. The van der Waals surface area contributed by atoms with Gasteiger partial charge in [-0.2, -0.15) is 0 Å². The van der Waals surface area contributed by atoms with Gasteiger partial charge in [-0.05, 0) is 48.4 Å². The largest absolute Gasteiger partial charge is 0.217 e. The van der Waals surface area contributed by atoms with Gasteiger partial charge in [0, 0.05) is 12.0 Å². The average molecular weight is 343 g/mol. The van der Waals surface area contributed by atoms with Crippen LogP contribution in [0.4, 0.5) is 4.39 Å². The van der Waals surface area contributed by atoms with Crippen LogP contribution in [0.2, 0.25) is 0 Å². The molecule has 26 heavy (non-hydrogen) atoms. The standard InChI is InChI=1S/C22H18FN3/c23-19-14-12-18(13-15-19)22-24-21(16-11-17-7-3-1-4-8-17)26(25-22)20-9-5-2-6-10-20/h1-10,12-15H,11,16H2. The molecule has 0 atom stereocenters. The topological polar surface area (TPSA) is 30.7 Å². The maximum Gasteiger partial charge on any atom is 0.181 e. The second kappa shape index (κ2) is 7.31. The lowest BCUT2D eigenvalue weighted by molar-refractivity contribution is 0.628. The van der Waals surface area contributed by atoms with Gasteiger partial charge in [0.2, 0.25) is 0 Å². The SMILES string of the molecule is Fc1ccc(-c2nc(CCc3ccccc3)n(-c3ccccc3)n2)cc1. The van der Waals surface area contributed by atoms with Crippen molar-refractivity contribution in [2.75, 3.05) is 0 Å². The van der Waals surface area contributed by atoms with E-state index in [0.717, 1.165) is 29.9 Å². The van der Waals surface area contributed by atoms with Crippen LogP contribution in [0.1, 0.15) is 11.4 Å². The Morgan fingerprint density at radius 2 is 1.38 bits per heavy atom. The summed E-state index contributed by atoms with van der Waals surface area (Å²) in [7, 11) is 0. The zero-order valence-electron chi connectivity index (χ0n) is 14.2. The minimum absolute atomic E-state index is 0.263. The summed E-state index contributed by atoms with van der Waals surface area (Å²) in [5.74, 6) is 1.23. The Morgan fingerprint density at radius 1 is 0.731 bits per heavy atom. The highest BCUT2D eigenvalue weighted by molar-refractivity contribution is 5.55. The summed E-state index contributed by atoms with van der Waals surface area (Å²) in [5, 5.41) is 4.68. The van der Waals surface area contributed by atoms with Crippen LogP contribution in [-0.2, 0) is 12.8 Å². The molecule has 0 saturated heterocycles. The molecule has 0 radical (unpaired) electrons. The van der Waals surface area contributed by atoms with Gasteiger partial charge in [0.1, 0.15) is 11.6 Å². The number of aryl methyl sites for hydroxylation is 2. The second-order valence-corrected chi connectivity index (χ2v) is 6.09. The Bertz CT molecular complexity index is 977. The van der Waals surface area contributed by atoms with Crippen molar-refractivity contribution in [1.29, 1.82) is 0 Å². The summed E-state index contributed by atoms with van der Waals surface area (Å²) < 4.78 is 15.1. The highest BCUT2D eigenvalue weighted by Gasteiger charge is 2.13. The van der Waals surface area contributed by atoms with E-state index in [1.54, 1.807) is 12.1 Å². The Hall–Kier alpha value is -3.27. The third-order valence-electron chi connectivity index (χ3n) is 4.26. The van der Waals surface area contributed by atoms with Gasteiger partial charge in [0.05, 0.1) is 5.69 Å². The molecule has 0 aliphatic heterocycles. The highest BCUT2D eigenvalue weighted by atomic mass is 19.1. The lowest BCUT2D eigenvalue weighted by Gasteiger charge is -2.05. The number of hydrogen-bond donors (Lipinski definition) is 0. The molecule has 0 saturated carbocycles. The summed E-state index contributed by atoms with van der Waals surface area (Å²) in [4.78, 5) is 4.73. The minimum Gasteiger partial charge on any atom is -0.217 e. The fraction of sp³-hybridized carbons (Fsp3) is 0.0909. The summed E-state index contributed by atoms with van der Waals surface area (Å²) in [5.41, 5.74) is 3.04. The fourth-order valence-electron chi connectivity index (χ4n) is 2.90. The van der Waals surface area contributed by atoms with Gasteiger partial charge in [0.15, 0.2) is 5.82 Å². The molecule has 0 N–H and O–H groups in total. The zero-order valence-corrected chi connectivity index (χ0v) is 14.2. The molecule has 1 aromatic heterocycles. The molecule has 0 spiro atoms. The zero-order chi connectivity index (χ0) is 17.8. The maximum atomic E-state index is 13.2. The summed E-state index contributed by atoms with van der Waals surface area (Å²) in [6, 6.07) is 26.6.